The topological polar surface area (TPSA) is 49.9 Å². The van der Waals surface area contributed by atoms with Crippen LogP contribution in [0.5, 0.6) is 0 Å². The summed E-state index contributed by atoms with van der Waals surface area (Å²) in [5, 5.41) is 0. The van der Waals surface area contributed by atoms with Gasteiger partial charge in [0.05, 0.1) is 13.2 Å². The molecule has 1 aromatic rings. The second-order valence-corrected chi connectivity index (χ2v) is 7.13. The molecular formula is C19H23FN2O3. The van der Waals surface area contributed by atoms with Crippen molar-refractivity contribution < 1.29 is 18.7 Å². The Morgan fingerprint density at radius 1 is 1.12 bits per heavy atom. The highest BCUT2D eigenvalue weighted by Gasteiger charge is 2.49. The maximum Gasteiger partial charge on any atom is 0.245 e. The summed E-state index contributed by atoms with van der Waals surface area (Å²) in [6.07, 6.45) is 2.35. The highest BCUT2D eigenvalue weighted by molar-refractivity contribution is 5.90. The van der Waals surface area contributed by atoms with Crippen LogP contribution in [0, 0.1) is 11.7 Å². The molecule has 0 aromatic heterocycles. The lowest BCUT2D eigenvalue weighted by Gasteiger charge is -2.32. The summed E-state index contributed by atoms with van der Waals surface area (Å²) in [4.78, 5) is 29.3. The van der Waals surface area contributed by atoms with Crippen LogP contribution in [-0.2, 0) is 14.3 Å². The molecule has 4 rings (SSSR count). The molecule has 1 aliphatic carbocycles. The molecule has 0 bridgehead atoms. The number of ether oxygens (including phenoxy) is 1. The normalized spacial score (nSPS) is 28.9. The van der Waals surface area contributed by atoms with Crippen LogP contribution in [0.2, 0.25) is 0 Å². The number of amides is 2. The minimum absolute atomic E-state index is 0.0529. The molecule has 0 radical (unpaired) electrons. The van der Waals surface area contributed by atoms with Gasteiger partial charge in [0.25, 0.3) is 0 Å². The molecule has 2 aliphatic heterocycles. The van der Waals surface area contributed by atoms with Crippen molar-refractivity contribution in [3.05, 3.63) is 35.6 Å². The number of carbonyl (C=O) groups is 2. The van der Waals surface area contributed by atoms with Crippen molar-refractivity contribution in [1.29, 1.82) is 0 Å². The zero-order chi connectivity index (χ0) is 17.4. The van der Waals surface area contributed by atoms with Crippen molar-refractivity contribution in [1.82, 2.24) is 9.80 Å². The Bertz CT molecular complexity index is 674. The predicted molar refractivity (Wildman–Crippen MR) is 89.4 cm³/mol. The number of halogens is 1. The largest absolute Gasteiger partial charge is 0.378 e. The van der Waals surface area contributed by atoms with Gasteiger partial charge >= 0.3 is 0 Å². The highest BCUT2D eigenvalue weighted by atomic mass is 19.1. The molecule has 3 atom stereocenters. The fourth-order valence-corrected chi connectivity index (χ4v) is 4.07. The Balaban J connectivity index is 1.42. The van der Waals surface area contributed by atoms with Crippen molar-refractivity contribution in [2.45, 2.75) is 31.2 Å². The number of benzene rings is 1. The average Bonchev–Trinajstić information content (AvgIpc) is 3.29. The van der Waals surface area contributed by atoms with E-state index in [2.05, 4.69) is 0 Å². The van der Waals surface area contributed by atoms with Crippen molar-refractivity contribution in [3.8, 4) is 0 Å². The molecule has 5 nitrogen and oxygen atoms in total. The molecule has 1 aromatic carbocycles. The number of rotatable bonds is 3. The third-order valence-corrected chi connectivity index (χ3v) is 5.53. The zero-order valence-corrected chi connectivity index (χ0v) is 14.2. The van der Waals surface area contributed by atoms with Gasteiger partial charge in [0.15, 0.2) is 0 Å². The zero-order valence-electron chi connectivity index (χ0n) is 14.2. The van der Waals surface area contributed by atoms with Crippen molar-refractivity contribution in [3.63, 3.8) is 0 Å². The lowest BCUT2D eigenvalue weighted by Crippen LogP contribution is -2.51. The van der Waals surface area contributed by atoms with Crippen molar-refractivity contribution in [2.24, 2.45) is 5.92 Å². The Labute approximate surface area is 146 Å². The molecule has 0 spiro atoms. The lowest BCUT2D eigenvalue weighted by atomic mass is 10.1. The summed E-state index contributed by atoms with van der Waals surface area (Å²) in [6.45, 7) is 2.98. The summed E-state index contributed by atoms with van der Waals surface area (Å²) in [7, 11) is 0. The van der Waals surface area contributed by atoms with E-state index in [-0.39, 0.29) is 35.5 Å². The van der Waals surface area contributed by atoms with Gasteiger partial charge in [0, 0.05) is 25.6 Å². The van der Waals surface area contributed by atoms with E-state index in [0.717, 1.165) is 24.8 Å². The molecule has 1 saturated carbocycles. The quantitative estimate of drug-likeness (QED) is 0.838. The molecule has 3 unspecified atom stereocenters. The number of hydrogen-bond donors (Lipinski definition) is 0. The van der Waals surface area contributed by atoms with Gasteiger partial charge in [-0.3, -0.25) is 9.59 Å². The molecule has 2 heterocycles. The first kappa shape index (κ1) is 16.5. The summed E-state index contributed by atoms with van der Waals surface area (Å²) < 4.78 is 18.7. The Hall–Kier alpha value is -1.95. The van der Waals surface area contributed by atoms with E-state index in [1.54, 1.807) is 11.0 Å². The fourth-order valence-electron chi connectivity index (χ4n) is 4.07. The molecule has 25 heavy (non-hydrogen) atoms. The first-order chi connectivity index (χ1) is 12.1. The van der Waals surface area contributed by atoms with Crippen molar-refractivity contribution >= 4 is 11.8 Å². The van der Waals surface area contributed by atoms with Crippen LogP contribution in [0.25, 0.3) is 0 Å². The van der Waals surface area contributed by atoms with Crippen LogP contribution >= 0.6 is 0 Å². The predicted octanol–water partition coefficient (Wildman–Crippen LogP) is 1.78. The maximum absolute atomic E-state index is 13.4. The number of carbonyl (C=O) groups excluding carboxylic acids is 2. The Kier molecular flexibility index (Phi) is 4.46. The third-order valence-electron chi connectivity index (χ3n) is 5.53. The number of hydrogen-bond acceptors (Lipinski definition) is 3. The van der Waals surface area contributed by atoms with Crippen LogP contribution in [0.15, 0.2) is 24.3 Å². The SMILES string of the molecule is O=C(C1CCCN1C(=O)C1CC1c1cccc(F)c1)N1CCOCC1. The van der Waals surface area contributed by atoms with Crippen molar-refractivity contribution in [2.75, 3.05) is 32.8 Å². The monoisotopic (exact) mass is 346 g/mol. The number of likely N-dealkylation sites (tertiary alicyclic amines) is 1. The van der Waals surface area contributed by atoms with E-state index in [9.17, 15) is 14.0 Å². The van der Waals surface area contributed by atoms with E-state index in [4.69, 9.17) is 4.74 Å². The van der Waals surface area contributed by atoms with Crippen LogP contribution in [0.3, 0.4) is 0 Å². The molecule has 2 amide bonds. The van der Waals surface area contributed by atoms with E-state index >= 15 is 0 Å². The van der Waals surface area contributed by atoms with Gasteiger partial charge in [-0.05, 0) is 42.9 Å². The molecule has 3 aliphatic rings. The smallest absolute Gasteiger partial charge is 0.245 e. The van der Waals surface area contributed by atoms with E-state index < -0.39 is 0 Å². The summed E-state index contributed by atoms with van der Waals surface area (Å²) in [5.41, 5.74) is 0.883. The van der Waals surface area contributed by atoms with Crippen LogP contribution in [0.4, 0.5) is 4.39 Å². The van der Waals surface area contributed by atoms with Gasteiger partial charge in [-0.1, -0.05) is 12.1 Å². The fraction of sp³-hybridized carbons (Fsp3) is 0.579. The highest BCUT2D eigenvalue weighted by Crippen LogP contribution is 2.49. The summed E-state index contributed by atoms with van der Waals surface area (Å²) >= 11 is 0. The standard InChI is InChI=1S/C19H23FN2O3/c20-14-4-1-3-13(11-14)15-12-16(15)18(23)22-6-2-5-17(22)19(24)21-7-9-25-10-8-21/h1,3-4,11,15-17H,2,5-10,12H2. The van der Waals surface area contributed by atoms with Gasteiger partial charge < -0.3 is 14.5 Å². The molecule has 3 fully saturated rings. The molecule has 134 valence electrons. The average molecular weight is 346 g/mol. The van der Waals surface area contributed by atoms with Gasteiger partial charge in [-0.15, -0.1) is 0 Å². The Morgan fingerprint density at radius 3 is 2.68 bits per heavy atom. The van der Waals surface area contributed by atoms with Crippen LogP contribution in [0.1, 0.15) is 30.7 Å². The Morgan fingerprint density at radius 2 is 1.92 bits per heavy atom. The molecular weight excluding hydrogens is 323 g/mol. The van der Waals surface area contributed by atoms with Gasteiger partial charge in [0.2, 0.25) is 11.8 Å². The van der Waals surface area contributed by atoms with Crippen LogP contribution in [-0.4, -0.2) is 60.5 Å². The molecule has 2 saturated heterocycles. The molecule has 6 heteroatoms. The minimum Gasteiger partial charge on any atom is -0.378 e. The molecule has 0 N–H and O–H groups in total. The first-order valence-corrected chi connectivity index (χ1v) is 9.07. The first-order valence-electron chi connectivity index (χ1n) is 9.07. The van der Waals surface area contributed by atoms with E-state index in [1.807, 2.05) is 11.0 Å². The van der Waals surface area contributed by atoms with E-state index in [1.165, 1.54) is 12.1 Å². The van der Waals surface area contributed by atoms with Crippen LogP contribution < -0.4 is 0 Å². The number of morpholine rings is 1. The second-order valence-electron chi connectivity index (χ2n) is 7.13. The number of nitrogens with zero attached hydrogens (tertiary/aromatic N) is 2. The van der Waals surface area contributed by atoms with E-state index in [0.29, 0.717) is 32.8 Å². The van der Waals surface area contributed by atoms with Gasteiger partial charge in [-0.25, -0.2) is 4.39 Å². The lowest BCUT2D eigenvalue weighted by molar-refractivity contribution is -0.147. The maximum atomic E-state index is 13.4. The minimum atomic E-state index is -0.334. The second kappa shape index (κ2) is 6.75. The van der Waals surface area contributed by atoms with Gasteiger partial charge in [0.1, 0.15) is 11.9 Å². The van der Waals surface area contributed by atoms with Gasteiger partial charge in [-0.2, -0.15) is 0 Å². The summed E-state index contributed by atoms with van der Waals surface area (Å²) in [6, 6.07) is 6.16. The summed E-state index contributed by atoms with van der Waals surface area (Å²) in [5.74, 6) is -0.185. The third kappa shape index (κ3) is 3.27.